The molecule has 2 aromatic rings. The summed E-state index contributed by atoms with van der Waals surface area (Å²) in [6.07, 6.45) is -5.59. The zero-order valence-corrected chi connectivity index (χ0v) is 21.6. The highest BCUT2D eigenvalue weighted by molar-refractivity contribution is 5.79. The first kappa shape index (κ1) is 27.2. The van der Waals surface area contributed by atoms with Gasteiger partial charge in [0.2, 0.25) is 0 Å². The number of hydroxylamine groups is 1. The Kier molecular flexibility index (Phi) is 6.95. The van der Waals surface area contributed by atoms with E-state index < -0.39 is 24.6 Å². The molecule has 1 saturated heterocycles. The molecule has 0 aromatic heterocycles. The highest BCUT2D eigenvalue weighted by atomic mass is 19.4. The Morgan fingerprint density at radius 2 is 1.68 bits per heavy atom. The smallest absolute Gasteiger partial charge is 0.490 e. The van der Waals surface area contributed by atoms with Crippen LogP contribution < -0.4 is 26.6 Å². The van der Waals surface area contributed by atoms with Crippen LogP contribution in [0.3, 0.4) is 0 Å². The van der Waals surface area contributed by atoms with Crippen LogP contribution in [0.5, 0.6) is 5.75 Å². The number of alkyl halides is 3. The molecule has 0 radical (unpaired) electrons. The van der Waals surface area contributed by atoms with Crippen molar-refractivity contribution in [2.24, 2.45) is 11.5 Å². The number of anilines is 1. The summed E-state index contributed by atoms with van der Waals surface area (Å²) in [7, 11) is 1.53. The molecule has 11 heteroatoms. The maximum atomic E-state index is 13.0. The van der Waals surface area contributed by atoms with Gasteiger partial charge in [-0.2, -0.15) is 18.2 Å². The Balaban J connectivity index is 1.71. The maximum absolute atomic E-state index is 13.0. The maximum Gasteiger partial charge on any atom is 0.493 e. The van der Waals surface area contributed by atoms with E-state index in [0.717, 1.165) is 23.5 Å². The number of rotatable bonds is 4. The van der Waals surface area contributed by atoms with Crippen molar-refractivity contribution in [2.45, 2.75) is 76.4 Å². The number of nitrogens with two attached hydrogens (primary N) is 2. The van der Waals surface area contributed by atoms with E-state index in [4.69, 9.17) is 21.0 Å². The van der Waals surface area contributed by atoms with Crippen LogP contribution in [0.25, 0.3) is 11.1 Å². The Labute approximate surface area is 214 Å². The van der Waals surface area contributed by atoms with Gasteiger partial charge in [-0.1, -0.05) is 30.3 Å². The predicted molar refractivity (Wildman–Crippen MR) is 134 cm³/mol. The molecule has 8 nitrogen and oxygen atoms in total. The standard InChI is InChI=1S/C26H34F3N5O3/c1-24(2)13-16(14-25(3,4)32-24)36-20-9-7-6-8-17(20)15-10-11-18-19(12-15)34(23(31)33(5)21(18)30)37-22(35)26(27,28)29/h6-12,16,21,23,32H,13-14,30-31H2,1-5H3. The zero-order valence-electron chi connectivity index (χ0n) is 21.6. The lowest BCUT2D eigenvalue weighted by Gasteiger charge is -2.46. The number of hydrogen-bond acceptors (Lipinski definition) is 8. The van der Waals surface area contributed by atoms with Gasteiger partial charge in [-0.15, -0.1) is 0 Å². The van der Waals surface area contributed by atoms with Crippen molar-refractivity contribution in [1.82, 2.24) is 10.2 Å². The second kappa shape index (κ2) is 9.46. The number of ether oxygens (including phenoxy) is 1. The van der Waals surface area contributed by atoms with Gasteiger partial charge in [-0.3, -0.25) is 10.6 Å². The molecule has 2 atom stereocenters. The fourth-order valence-corrected chi connectivity index (χ4v) is 5.39. The van der Waals surface area contributed by atoms with Gasteiger partial charge in [0.15, 0.2) is 6.29 Å². The van der Waals surface area contributed by atoms with Crippen molar-refractivity contribution in [3.8, 4) is 16.9 Å². The van der Waals surface area contributed by atoms with Crippen molar-refractivity contribution in [3.05, 3.63) is 48.0 Å². The Morgan fingerprint density at radius 3 is 2.30 bits per heavy atom. The van der Waals surface area contributed by atoms with Gasteiger partial charge in [0, 0.05) is 35.0 Å². The fourth-order valence-electron chi connectivity index (χ4n) is 5.39. The number of benzene rings is 2. The van der Waals surface area contributed by atoms with Crippen molar-refractivity contribution in [3.63, 3.8) is 0 Å². The molecular weight excluding hydrogens is 487 g/mol. The molecule has 37 heavy (non-hydrogen) atoms. The average Bonchev–Trinajstić information content (AvgIpc) is 2.77. The predicted octanol–water partition coefficient (Wildman–Crippen LogP) is 4.01. The van der Waals surface area contributed by atoms with Gasteiger partial charge in [-0.05, 0) is 52.4 Å². The third-order valence-electron chi connectivity index (χ3n) is 6.74. The molecule has 1 fully saturated rings. The minimum Gasteiger partial charge on any atom is -0.490 e. The normalized spacial score (nSPS) is 23.9. The summed E-state index contributed by atoms with van der Waals surface area (Å²) in [5.74, 6) is -1.73. The number of fused-ring (bicyclic) bond motifs is 1. The molecule has 0 amide bonds. The number of para-hydroxylation sites is 1. The molecule has 2 aliphatic rings. The Bertz CT molecular complexity index is 1150. The van der Waals surface area contributed by atoms with Crippen LogP contribution in [0.1, 0.15) is 52.3 Å². The third-order valence-corrected chi connectivity index (χ3v) is 6.74. The monoisotopic (exact) mass is 521 g/mol. The largest absolute Gasteiger partial charge is 0.493 e. The SMILES string of the molecule is CN1C(N)c2ccc(-c3ccccc3OC3CC(C)(C)NC(C)(C)C3)cc2N(OC(=O)C(F)(F)F)C1N. The van der Waals surface area contributed by atoms with E-state index in [1.54, 1.807) is 12.1 Å². The van der Waals surface area contributed by atoms with Gasteiger partial charge in [0.1, 0.15) is 11.9 Å². The van der Waals surface area contributed by atoms with E-state index in [1.807, 2.05) is 30.3 Å². The van der Waals surface area contributed by atoms with Crippen LogP contribution >= 0.6 is 0 Å². The molecule has 0 saturated carbocycles. The van der Waals surface area contributed by atoms with Crippen molar-refractivity contribution >= 4 is 11.7 Å². The van der Waals surface area contributed by atoms with E-state index in [9.17, 15) is 18.0 Å². The van der Waals surface area contributed by atoms with E-state index in [1.165, 1.54) is 11.9 Å². The summed E-state index contributed by atoms with van der Waals surface area (Å²) < 4.78 is 45.5. The second-order valence-corrected chi connectivity index (χ2v) is 11.0. The molecule has 5 N–H and O–H groups in total. The quantitative estimate of drug-likeness (QED) is 0.554. The molecule has 0 bridgehead atoms. The van der Waals surface area contributed by atoms with Gasteiger partial charge in [0.25, 0.3) is 0 Å². The van der Waals surface area contributed by atoms with Gasteiger partial charge >= 0.3 is 12.1 Å². The van der Waals surface area contributed by atoms with E-state index in [2.05, 4.69) is 33.0 Å². The molecule has 2 aromatic carbocycles. The van der Waals surface area contributed by atoms with Crippen LogP contribution in [0, 0.1) is 0 Å². The second-order valence-electron chi connectivity index (χ2n) is 11.0. The van der Waals surface area contributed by atoms with Gasteiger partial charge in [0.05, 0.1) is 11.9 Å². The van der Waals surface area contributed by atoms with Gasteiger partial charge < -0.3 is 20.6 Å². The topological polar surface area (TPSA) is 106 Å². The molecule has 202 valence electrons. The lowest BCUT2D eigenvalue weighted by molar-refractivity contribution is -0.204. The Morgan fingerprint density at radius 1 is 1.05 bits per heavy atom. The highest BCUT2D eigenvalue weighted by Crippen LogP contribution is 2.41. The van der Waals surface area contributed by atoms with E-state index in [-0.39, 0.29) is 22.9 Å². The van der Waals surface area contributed by atoms with Crippen LogP contribution in [-0.2, 0) is 9.63 Å². The number of halogens is 3. The molecule has 4 rings (SSSR count). The lowest BCUT2D eigenvalue weighted by atomic mass is 9.81. The summed E-state index contributed by atoms with van der Waals surface area (Å²) in [6, 6.07) is 12.6. The van der Waals surface area contributed by atoms with Crippen molar-refractivity contribution < 1.29 is 27.5 Å². The molecule has 0 aliphatic carbocycles. The third kappa shape index (κ3) is 5.69. The number of nitrogens with zero attached hydrogens (tertiary/aromatic N) is 2. The van der Waals surface area contributed by atoms with Crippen LogP contribution in [0.2, 0.25) is 0 Å². The number of piperidine rings is 1. The van der Waals surface area contributed by atoms with Crippen LogP contribution in [0.15, 0.2) is 42.5 Å². The molecule has 2 heterocycles. The van der Waals surface area contributed by atoms with Crippen LogP contribution in [0.4, 0.5) is 18.9 Å². The first-order chi connectivity index (χ1) is 17.1. The number of carbonyl (C=O) groups excluding carboxylic acids is 1. The van der Waals surface area contributed by atoms with Gasteiger partial charge in [-0.25, -0.2) is 4.79 Å². The summed E-state index contributed by atoms with van der Waals surface area (Å²) in [4.78, 5) is 17.8. The summed E-state index contributed by atoms with van der Waals surface area (Å²) in [5, 5.41) is 4.39. The lowest BCUT2D eigenvalue weighted by Crippen LogP contribution is -2.60. The molecule has 2 aliphatic heterocycles. The number of carbonyl (C=O) groups is 1. The molecular formula is C26H34F3N5O3. The minimum absolute atomic E-state index is 0.0511. The van der Waals surface area contributed by atoms with Crippen molar-refractivity contribution in [2.75, 3.05) is 12.1 Å². The van der Waals surface area contributed by atoms with Crippen LogP contribution in [-0.4, -0.2) is 47.6 Å². The Hall–Kier alpha value is -2.86. The molecule has 0 spiro atoms. The first-order valence-electron chi connectivity index (χ1n) is 12.1. The molecule has 2 unspecified atom stereocenters. The van der Waals surface area contributed by atoms with E-state index in [0.29, 0.717) is 16.9 Å². The van der Waals surface area contributed by atoms with E-state index >= 15 is 0 Å². The summed E-state index contributed by atoms with van der Waals surface area (Å²) in [6.45, 7) is 8.56. The number of nitrogens with one attached hydrogen (secondary N) is 1. The summed E-state index contributed by atoms with van der Waals surface area (Å²) >= 11 is 0. The fraction of sp³-hybridized carbons (Fsp3) is 0.500. The highest BCUT2D eigenvalue weighted by Gasteiger charge is 2.45. The zero-order chi connectivity index (χ0) is 27.3. The minimum atomic E-state index is -5.19. The van der Waals surface area contributed by atoms with Crippen molar-refractivity contribution in [1.29, 1.82) is 0 Å². The number of hydrogen-bond donors (Lipinski definition) is 3. The first-order valence-corrected chi connectivity index (χ1v) is 12.1. The average molecular weight is 522 g/mol. The summed E-state index contributed by atoms with van der Waals surface area (Å²) in [5.41, 5.74) is 14.2.